The summed E-state index contributed by atoms with van der Waals surface area (Å²) in [6, 6.07) is 13.4. The fourth-order valence-corrected chi connectivity index (χ4v) is 1.87. The van der Waals surface area contributed by atoms with E-state index in [1.165, 1.54) is 4.68 Å². The Kier molecular flexibility index (Phi) is 2.78. The summed E-state index contributed by atoms with van der Waals surface area (Å²) < 4.78 is 1.52. The van der Waals surface area contributed by atoms with Gasteiger partial charge in [-0.2, -0.15) is 9.78 Å². The number of halogens is 1. The molecule has 3 aromatic rings. The lowest BCUT2D eigenvalue weighted by Gasteiger charge is -1.99. The van der Waals surface area contributed by atoms with E-state index >= 15 is 0 Å². The molecular formula is C13H9ClN4. The van der Waals surface area contributed by atoms with Gasteiger partial charge in [-0.1, -0.05) is 41.9 Å². The van der Waals surface area contributed by atoms with Crippen molar-refractivity contribution in [3.05, 3.63) is 60.0 Å². The number of aromatic nitrogens is 4. The predicted molar refractivity (Wildman–Crippen MR) is 69.6 cm³/mol. The van der Waals surface area contributed by atoms with Crippen LogP contribution in [-0.2, 0) is 0 Å². The molecule has 0 aliphatic rings. The minimum Gasteiger partial charge on any atom is -0.220 e. The molecule has 1 aromatic carbocycles. The molecule has 0 atom stereocenters. The fraction of sp³-hybridized carbons (Fsp3) is 0. The lowest BCUT2D eigenvalue weighted by molar-refractivity contribution is 0.811. The van der Waals surface area contributed by atoms with Crippen LogP contribution in [0.3, 0.4) is 0 Å². The van der Waals surface area contributed by atoms with E-state index in [0.717, 1.165) is 11.3 Å². The topological polar surface area (TPSA) is 43.6 Å². The third kappa shape index (κ3) is 1.98. The molecule has 18 heavy (non-hydrogen) atoms. The van der Waals surface area contributed by atoms with Crippen molar-refractivity contribution >= 4 is 11.6 Å². The highest BCUT2D eigenvalue weighted by atomic mass is 35.5. The monoisotopic (exact) mass is 256 g/mol. The second-order valence-electron chi connectivity index (χ2n) is 3.68. The number of rotatable bonds is 2. The van der Waals surface area contributed by atoms with Crippen LogP contribution in [0.25, 0.3) is 17.2 Å². The van der Waals surface area contributed by atoms with Gasteiger partial charge in [-0.15, -0.1) is 0 Å². The summed E-state index contributed by atoms with van der Waals surface area (Å²) in [5.41, 5.74) is 1.81. The summed E-state index contributed by atoms with van der Waals surface area (Å²) >= 11 is 6.15. The Bertz CT molecular complexity index is 649. The zero-order valence-electron chi connectivity index (χ0n) is 9.36. The highest BCUT2D eigenvalue weighted by Crippen LogP contribution is 2.22. The molecular weight excluding hydrogens is 248 g/mol. The van der Waals surface area contributed by atoms with Crippen molar-refractivity contribution in [3.63, 3.8) is 0 Å². The van der Waals surface area contributed by atoms with Gasteiger partial charge in [-0.05, 0) is 6.07 Å². The molecule has 0 bridgehead atoms. The third-order valence-corrected chi connectivity index (χ3v) is 2.75. The summed E-state index contributed by atoms with van der Waals surface area (Å²) in [6.45, 7) is 0. The molecule has 0 aliphatic heterocycles. The minimum absolute atomic E-state index is 0.463. The molecule has 0 saturated carbocycles. The molecule has 3 rings (SSSR count). The van der Waals surface area contributed by atoms with Gasteiger partial charge in [0.2, 0.25) is 0 Å². The van der Waals surface area contributed by atoms with E-state index in [2.05, 4.69) is 15.1 Å². The van der Waals surface area contributed by atoms with Crippen molar-refractivity contribution in [1.29, 1.82) is 0 Å². The highest BCUT2D eigenvalue weighted by Gasteiger charge is 2.10. The maximum Gasteiger partial charge on any atom is 0.251 e. The molecule has 0 fully saturated rings. The molecule has 2 heterocycles. The highest BCUT2D eigenvalue weighted by molar-refractivity contribution is 6.30. The Hall–Kier alpha value is -2.20. The fourth-order valence-electron chi connectivity index (χ4n) is 1.65. The molecule has 4 nitrogen and oxygen atoms in total. The Balaban J connectivity index is 2.07. The Morgan fingerprint density at radius 2 is 1.67 bits per heavy atom. The Morgan fingerprint density at radius 3 is 2.39 bits per heavy atom. The summed E-state index contributed by atoms with van der Waals surface area (Å²) in [4.78, 5) is 8.24. The molecule has 0 radical (unpaired) electrons. The van der Waals surface area contributed by atoms with Gasteiger partial charge < -0.3 is 0 Å². The predicted octanol–water partition coefficient (Wildman–Crippen LogP) is 2.98. The average Bonchev–Trinajstić information content (AvgIpc) is 2.83. The van der Waals surface area contributed by atoms with Gasteiger partial charge in [-0.3, -0.25) is 0 Å². The third-order valence-electron chi connectivity index (χ3n) is 2.48. The molecule has 5 heteroatoms. The Morgan fingerprint density at radius 1 is 0.944 bits per heavy atom. The second-order valence-corrected chi connectivity index (χ2v) is 4.07. The molecule has 0 spiro atoms. The van der Waals surface area contributed by atoms with Crippen LogP contribution in [0.5, 0.6) is 0 Å². The van der Waals surface area contributed by atoms with Gasteiger partial charge in [0, 0.05) is 24.0 Å². The quantitative estimate of drug-likeness (QED) is 0.708. The first kappa shape index (κ1) is 10.9. The van der Waals surface area contributed by atoms with Gasteiger partial charge >= 0.3 is 0 Å². The number of hydrogen-bond donors (Lipinski definition) is 0. The van der Waals surface area contributed by atoms with E-state index in [-0.39, 0.29) is 0 Å². The van der Waals surface area contributed by atoms with Crippen molar-refractivity contribution < 1.29 is 0 Å². The zero-order chi connectivity index (χ0) is 12.4. The van der Waals surface area contributed by atoms with Crippen LogP contribution < -0.4 is 0 Å². The van der Waals surface area contributed by atoms with E-state index < -0.39 is 0 Å². The molecule has 0 N–H and O–H groups in total. The van der Waals surface area contributed by atoms with Gasteiger partial charge in [-0.25, -0.2) is 9.97 Å². The molecule has 88 valence electrons. The Labute approximate surface area is 109 Å². The molecule has 0 aliphatic carbocycles. The first-order valence-electron chi connectivity index (χ1n) is 5.43. The van der Waals surface area contributed by atoms with Crippen LogP contribution in [0.4, 0.5) is 0 Å². The summed E-state index contributed by atoms with van der Waals surface area (Å²) in [6.07, 6.45) is 3.31. The largest absolute Gasteiger partial charge is 0.251 e. The maximum absolute atomic E-state index is 6.15. The summed E-state index contributed by atoms with van der Waals surface area (Å²) in [7, 11) is 0. The van der Waals surface area contributed by atoms with Gasteiger partial charge in [0.1, 0.15) is 5.15 Å². The van der Waals surface area contributed by atoms with Gasteiger partial charge in [0.15, 0.2) is 0 Å². The number of nitrogens with zero attached hydrogens (tertiary/aromatic N) is 4. The number of benzene rings is 1. The van der Waals surface area contributed by atoms with E-state index in [1.54, 1.807) is 24.5 Å². The first-order valence-corrected chi connectivity index (χ1v) is 5.81. The van der Waals surface area contributed by atoms with Crippen LogP contribution in [0.2, 0.25) is 5.15 Å². The van der Waals surface area contributed by atoms with Crippen LogP contribution in [0, 0.1) is 0 Å². The molecule has 0 saturated heterocycles. The number of hydrogen-bond acceptors (Lipinski definition) is 3. The van der Waals surface area contributed by atoms with Crippen LogP contribution >= 0.6 is 11.6 Å². The van der Waals surface area contributed by atoms with E-state index in [4.69, 9.17) is 11.6 Å². The minimum atomic E-state index is 0.463. The molecule has 0 amide bonds. The zero-order valence-corrected chi connectivity index (χ0v) is 10.1. The normalized spacial score (nSPS) is 10.5. The smallest absolute Gasteiger partial charge is 0.220 e. The summed E-state index contributed by atoms with van der Waals surface area (Å²) in [5.74, 6) is 0.463. The van der Waals surface area contributed by atoms with Crippen molar-refractivity contribution in [2.45, 2.75) is 0 Å². The summed E-state index contributed by atoms with van der Waals surface area (Å²) in [5, 5.41) is 4.90. The maximum atomic E-state index is 6.15. The SMILES string of the molecule is Clc1cc(-c2ccccc2)nn1-c1ncccn1. The lowest BCUT2D eigenvalue weighted by Crippen LogP contribution is -2.01. The van der Waals surface area contributed by atoms with Crippen molar-refractivity contribution in [2.24, 2.45) is 0 Å². The van der Waals surface area contributed by atoms with Crippen LogP contribution in [-0.4, -0.2) is 19.7 Å². The average molecular weight is 257 g/mol. The van der Waals surface area contributed by atoms with E-state index in [1.807, 2.05) is 30.3 Å². The van der Waals surface area contributed by atoms with Crippen molar-refractivity contribution in [2.75, 3.05) is 0 Å². The molecule has 0 unspecified atom stereocenters. The lowest BCUT2D eigenvalue weighted by atomic mass is 10.2. The van der Waals surface area contributed by atoms with Crippen LogP contribution in [0.1, 0.15) is 0 Å². The first-order chi connectivity index (χ1) is 8.84. The van der Waals surface area contributed by atoms with Crippen LogP contribution in [0.15, 0.2) is 54.9 Å². The van der Waals surface area contributed by atoms with E-state index in [9.17, 15) is 0 Å². The van der Waals surface area contributed by atoms with Crippen molar-refractivity contribution in [3.8, 4) is 17.2 Å². The van der Waals surface area contributed by atoms with Gasteiger partial charge in [0.25, 0.3) is 5.95 Å². The molecule has 2 aromatic heterocycles. The van der Waals surface area contributed by atoms with Gasteiger partial charge in [0.05, 0.1) is 5.69 Å². The van der Waals surface area contributed by atoms with Crippen molar-refractivity contribution in [1.82, 2.24) is 19.7 Å². The standard InChI is InChI=1S/C13H9ClN4/c14-12-9-11(10-5-2-1-3-6-10)17-18(12)13-15-7-4-8-16-13/h1-9H. The van der Waals surface area contributed by atoms with E-state index in [0.29, 0.717) is 11.1 Å². The second kappa shape index (κ2) is 4.58.